The Hall–Kier alpha value is -2.60. The number of amides is 3. The van der Waals surface area contributed by atoms with Crippen LogP contribution < -0.4 is 10.1 Å². The van der Waals surface area contributed by atoms with Gasteiger partial charge >= 0.3 is 6.03 Å². The fraction of sp³-hybridized carbons (Fsp3) is 0.429. The molecule has 0 aliphatic carbocycles. The maximum Gasteiger partial charge on any atom is 0.325 e. The van der Waals surface area contributed by atoms with Gasteiger partial charge in [-0.25, -0.2) is 4.79 Å². The summed E-state index contributed by atoms with van der Waals surface area (Å²) in [6.45, 7) is 8.08. The molecule has 1 fully saturated rings. The maximum atomic E-state index is 13.0. The van der Waals surface area contributed by atoms with E-state index in [0.717, 1.165) is 22.1 Å². The van der Waals surface area contributed by atoms with Crippen LogP contribution >= 0.6 is 0 Å². The number of carbonyl (C=O) groups is 2. The lowest BCUT2D eigenvalue weighted by atomic mass is 9.90. The summed E-state index contributed by atoms with van der Waals surface area (Å²) < 4.78 is 10.9. The fourth-order valence-corrected chi connectivity index (χ4v) is 3.20. The Morgan fingerprint density at radius 3 is 2.41 bits per heavy atom. The molecular weight excluding hydrogens is 344 g/mol. The summed E-state index contributed by atoms with van der Waals surface area (Å²) in [5, 5.41) is 4.82. The molecule has 144 valence electrons. The highest BCUT2D eigenvalue weighted by Gasteiger charge is 2.48. The van der Waals surface area contributed by atoms with Gasteiger partial charge in [0.15, 0.2) is 0 Å². The van der Waals surface area contributed by atoms with Gasteiger partial charge in [-0.1, -0.05) is 18.2 Å². The van der Waals surface area contributed by atoms with E-state index in [1.165, 1.54) is 4.90 Å². The predicted molar refractivity (Wildman–Crippen MR) is 104 cm³/mol. The number of rotatable bonds is 5. The molecule has 2 aromatic rings. The predicted octanol–water partition coefficient (Wildman–Crippen LogP) is 3.43. The normalized spacial score (nSPS) is 20.3. The van der Waals surface area contributed by atoms with Crippen molar-refractivity contribution < 1.29 is 19.1 Å². The van der Waals surface area contributed by atoms with Crippen LogP contribution in [0.3, 0.4) is 0 Å². The lowest BCUT2D eigenvalue weighted by molar-refractivity contribution is -0.132. The third-order valence-electron chi connectivity index (χ3n) is 4.75. The van der Waals surface area contributed by atoms with Gasteiger partial charge in [0.2, 0.25) is 0 Å². The molecule has 0 saturated carbocycles. The van der Waals surface area contributed by atoms with Crippen molar-refractivity contribution in [2.75, 3.05) is 20.3 Å². The van der Waals surface area contributed by atoms with Crippen molar-refractivity contribution >= 4 is 22.7 Å². The first-order valence-corrected chi connectivity index (χ1v) is 9.00. The minimum absolute atomic E-state index is 0.225. The van der Waals surface area contributed by atoms with Crippen LogP contribution in [0.4, 0.5) is 4.79 Å². The molecule has 27 heavy (non-hydrogen) atoms. The molecule has 1 atom stereocenters. The van der Waals surface area contributed by atoms with Crippen molar-refractivity contribution in [1.29, 1.82) is 0 Å². The maximum absolute atomic E-state index is 13.0. The van der Waals surface area contributed by atoms with Crippen LogP contribution in [0.1, 0.15) is 33.3 Å². The van der Waals surface area contributed by atoms with Gasteiger partial charge in [0.1, 0.15) is 11.3 Å². The second-order valence-corrected chi connectivity index (χ2v) is 7.90. The Morgan fingerprint density at radius 2 is 1.74 bits per heavy atom. The van der Waals surface area contributed by atoms with Crippen molar-refractivity contribution in [2.45, 2.75) is 38.8 Å². The molecule has 1 heterocycles. The molecule has 0 radical (unpaired) electrons. The first-order chi connectivity index (χ1) is 12.6. The van der Waals surface area contributed by atoms with E-state index >= 15 is 0 Å². The summed E-state index contributed by atoms with van der Waals surface area (Å²) in [6.07, 6.45) is 0. The topological polar surface area (TPSA) is 67.9 Å². The standard InChI is InChI=1S/C21H26N2O4/c1-20(2,3)27-11-10-23-18(24)21(4,22-19(23)25)16-8-6-15-13-17(26-5)9-7-14(15)12-16/h6-9,12-13H,10-11H2,1-5H3,(H,22,25). The van der Waals surface area contributed by atoms with Crippen molar-refractivity contribution in [3.05, 3.63) is 42.0 Å². The number of imide groups is 1. The van der Waals surface area contributed by atoms with Crippen molar-refractivity contribution in [3.63, 3.8) is 0 Å². The number of benzene rings is 2. The number of hydrogen-bond acceptors (Lipinski definition) is 4. The van der Waals surface area contributed by atoms with Crippen LogP contribution in [-0.4, -0.2) is 42.7 Å². The van der Waals surface area contributed by atoms with Gasteiger partial charge < -0.3 is 14.8 Å². The summed E-state index contributed by atoms with van der Waals surface area (Å²) in [4.78, 5) is 26.6. The van der Waals surface area contributed by atoms with Gasteiger partial charge in [-0.05, 0) is 62.2 Å². The molecule has 1 saturated heterocycles. The van der Waals surface area contributed by atoms with Gasteiger partial charge in [0.25, 0.3) is 5.91 Å². The average molecular weight is 370 g/mol. The molecule has 6 heteroatoms. The molecule has 0 bridgehead atoms. The smallest absolute Gasteiger partial charge is 0.325 e. The van der Waals surface area contributed by atoms with E-state index in [-0.39, 0.29) is 18.1 Å². The Kier molecular flexibility index (Phi) is 4.86. The minimum atomic E-state index is -1.09. The molecule has 6 nitrogen and oxygen atoms in total. The second kappa shape index (κ2) is 6.85. The lowest BCUT2D eigenvalue weighted by Gasteiger charge is -2.24. The molecule has 2 aromatic carbocycles. The second-order valence-electron chi connectivity index (χ2n) is 7.90. The summed E-state index contributed by atoms with van der Waals surface area (Å²) in [7, 11) is 1.63. The van der Waals surface area contributed by atoms with E-state index in [1.807, 2.05) is 57.2 Å². The van der Waals surface area contributed by atoms with Crippen LogP contribution in [-0.2, 0) is 15.1 Å². The number of methoxy groups -OCH3 is 1. The molecule has 1 N–H and O–H groups in total. The van der Waals surface area contributed by atoms with Crippen molar-refractivity contribution in [3.8, 4) is 5.75 Å². The van der Waals surface area contributed by atoms with Crippen LogP contribution in [0.5, 0.6) is 5.75 Å². The van der Waals surface area contributed by atoms with E-state index in [0.29, 0.717) is 6.61 Å². The lowest BCUT2D eigenvalue weighted by Crippen LogP contribution is -2.41. The molecule has 0 spiro atoms. The molecule has 1 aliphatic heterocycles. The third-order valence-corrected chi connectivity index (χ3v) is 4.75. The van der Waals surface area contributed by atoms with E-state index in [2.05, 4.69) is 5.32 Å². The number of hydrogen-bond donors (Lipinski definition) is 1. The highest BCUT2D eigenvalue weighted by Crippen LogP contribution is 2.32. The van der Waals surface area contributed by atoms with Gasteiger partial charge in [-0.15, -0.1) is 0 Å². The van der Waals surface area contributed by atoms with E-state index in [4.69, 9.17) is 9.47 Å². The molecule has 0 aromatic heterocycles. The molecule has 1 unspecified atom stereocenters. The third kappa shape index (κ3) is 3.76. The highest BCUT2D eigenvalue weighted by molar-refractivity contribution is 6.07. The number of nitrogens with one attached hydrogen (secondary N) is 1. The molecular formula is C21H26N2O4. The summed E-state index contributed by atoms with van der Waals surface area (Å²) in [6, 6.07) is 11.1. The average Bonchev–Trinajstić information content (AvgIpc) is 2.83. The van der Waals surface area contributed by atoms with Crippen LogP contribution in [0.15, 0.2) is 36.4 Å². The van der Waals surface area contributed by atoms with Crippen LogP contribution in [0.25, 0.3) is 10.8 Å². The summed E-state index contributed by atoms with van der Waals surface area (Å²) in [5.74, 6) is 0.509. The van der Waals surface area contributed by atoms with Gasteiger partial charge in [-0.3, -0.25) is 9.69 Å². The summed E-state index contributed by atoms with van der Waals surface area (Å²) >= 11 is 0. The van der Waals surface area contributed by atoms with Crippen molar-refractivity contribution in [1.82, 2.24) is 10.2 Å². The zero-order valence-corrected chi connectivity index (χ0v) is 16.5. The van der Waals surface area contributed by atoms with E-state index in [1.54, 1.807) is 14.0 Å². The number of nitrogens with zero attached hydrogens (tertiary/aromatic N) is 1. The van der Waals surface area contributed by atoms with Crippen LogP contribution in [0.2, 0.25) is 0 Å². The zero-order chi connectivity index (χ0) is 19.8. The largest absolute Gasteiger partial charge is 0.497 e. The Bertz CT molecular complexity index is 887. The molecule has 3 rings (SSSR count). The number of carbonyl (C=O) groups excluding carboxylic acids is 2. The minimum Gasteiger partial charge on any atom is -0.497 e. The number of urea groups is 1. The highest BCUT2D eigenvalue weighted by atomic mass is 16.5. The van der Waals surface area contributed by atoms with E-state index in [9.17, 15) is 9.59 Å². The van der Waals surface area contributed by atoms with E-state index < -0.39 is 11.6 Å². The number of ether oxygens (including phenoxy) is 2. The first-order valence-electron chi connectivity index (χ1n) is 9.00. The van der Waals surface area contributed by atoms with Crippen molar-refractivity contribution in [2.24, 2.45) is 0 Å². The fourth-order valence-electron chi connectivity index (χ4n) is 3.20. The SMILES string of the molecule is COc1ccc2cc(C3(C)NC(=O)N(CCOC(C)(C)C)C3=O)ccc2c1. The first kappa shape index (κ1) is 19.2. The number of fused-ring (bicyclic) bond motifs is 1. The Morgan fingerprint density at radius 1 is 1.07 bits per heavy atom. The quantitative estimate of drug-likeness (QED) is 0.819. The van der Waals surface area contributed by atoms with Gasteiger partial charge in [0, 0.05) is 0 Å². The Balaban J connectivity index is 1.84. The zero-order valence-electron chi connectivity index (χ0n) is 16.5. The summed E-state index contributed by atoms with van der Waals surface area (Å²) in [5.41, 5.74) is -0.660. The molecule has 3 amide bonds. The van der Waals surface area contributed by atoms with Crippen LogP contribution in [0, 0.1) is 0 Å². The van der Waals surface area contributed by atoms with Gasteiger partial charge in [-0.2, -0.15) is 0 Å². The van der Waals surface area contributed by atoms with Gasteiger partial charge in [0.05, 0.1) is 25.9 Å². The Labute approximate surface area is 159 Å². The molecule has 1 aliphatic rings. The monoisotopic (exact) mass is 370 g/mol.